The third-order valence-electron chi connectivity index (χ3n) is 3.49. The zero-order valence-corrected chi connectivity index (χ0v) is 9.07. The Bertz CT molecular complexity index is 307. The summed E-state index contributed by atoms with van der Waals surface area (Å²) in [5.74, 6) is 2.67. The van der Waals surface area contributed by atoms with Crippen molar-refractivity contribution < 1.29 is 0 Å². The molecule has 0 bridgehead atoms. The van der Waals surface area contributed by atoms with Gasteiger partial charge in [0.25, 0.3) is 0 Å². The summed E-state index contributed by atoms with van der Waals surface area (Å²) in [5, 5.41) is 11.4. The van der Waals surface area contributed by atoms with E-state index in [-0.39, 0.29) is 0 Å². The second-order valence-corrected chi connectivity index (χ2v) is 4.42. The molecule has 1 aliphatic carbocycles. The van der Waals surface area contributed by atoms with E-state index in [0.29, 0.717) is 6.04 Å². The third kappa shape index (κ3) is 1.66. The number of nitrogens with one attached hydrogen (secondary N) is 1. The Hall–Kier alpha value is -0.900. The van der Waals surface area contributed by atoms with Crippen LogP contribution < -0.4 is 5.32 Å². The first-order valence-corrected chi connectivity index (χ1v) is 5.24. The van der Waals surface area contributed by atoms with E-state index < -0.39 is 0 Å². The molecule has 0 aliphatic heterocycles. The smallest absolute Gasteiger partial charge is 0.146 e. The maximum atomic E-state index is 4.04. The van der Waals surface area contributed by atoms with Crippen LogP contribution in [0.1, 0.15) is 26.1 Å². The maximum Gasteiger partial charge on any atom is 0.146 e. The molecule has 1 fully saturated rings. The molecule has 1 aromatic heterocycles. The topological polar surface area (TPSA) is 42.7 Å². The SMILES string of the molecule is CC1CC(NCc2nncn2C)C1C. The minimum atomic E-state index is 0.668. The van der Waals surface area contributed by atoms with Gasteiger partial charge in [0.15, 0.2) is 0 Å². The van der Waals surface area contributed by atoms with Crippen molar-refractivity contribution in [2.24, 2.45) is 18.9 Å². The predicted octanol–water partition coefficient (Wildman–Crippen LogP) is 0.949. The minimum Gasteiger partial charge on any atom is -0.320 e. The standard InChI is InChI=1S/C10H18N4/c1-7-4-9(8(7)2)11-5-10-13-12-6-14(10)3/h6-9,11H,4-5H2,1-3H3. The number of aryl methyl sites for hydroxylation is 1. The van der Waals surface area contributed by atoms with Crippen molar-refractivity contribution in [2.45, 2.75) is 32.9 Å². The van der Waals surface area contributed by atoms with Gasteiger partial charge in [-0.2, -0.15) is 0 Å². The maximum absolute atomic E-state index is 4.04. The molecule has 1 aromatic rings. The fraction of sp³-hybridized carbons (Fsp3) is 0.800. The van der Waals surface area contributed by atoms with Crippen LogP contribution >= 0.6 is 0 Å². The summed E-state index contributed by atoms with van der Waals surface area (Å²) in [6.45, 7) is 5.45. The zero-order chi connectivity index (χ0) is 10.1. The van der Waals surface area contributed by atoms with Crippen molar-refractivity contribution in [3.8, 4) is 0 Å². The molecule has 1 saturated carbocycles. The molecule has 78 valence electrons. The molecule has 1 N–H and O–H groups in total. The van der Waals surface area contributed by atoms with E-state index in [9.17, 15) is 0 Å². The molecule has 4 nitrogen and oxygen atoms in total. The second-order valence-electron chi connectivity index (χ2n) is 4.42. The number of aromatic nitrogens is 3. The van der Waals surface area contributed by atoms with Gasteiger partial charge in [0.1, 0.15) is 12.2 Å². The van der Waals surface area contributed by atoms with Crippen LogP contribution in [-0.4, -0.2) is 20.8 Å². The van der Waals surface area contributed by atoms with E-state index in [0.717, 1.165) is 24.2 Å². The highest BCUT2D eigenvalue weighted by Gasteiger charge is 2.33. The van der Waals surface area contributed by atoms with Crippen molar-refractivity contribution in [3.05, 3.63) is 12.2 Å². The highest BCUT2D eigenvalue weighted by molar-refractivity contribution is 4.92. The largest absolute Gasteiger partial charge is 0.320 e. The molecule has 0 saturated heterocycles. The average Bonchev–Trinajstić information content (AvgIpc) is 2.58. The Balaban J connectivity index is 1.81. The van der Waals surface area contributed by atoms with Crippen molar-refractivity contribution in [3.63, 3.8) is 0 Å². The normalized spacial score (nSPS) is 31.5. The summed E-state index contributed by atoms with van der Waals surface area (Å²) in [5.41, 5.74) is 0. The molecule has 1 heterocycles. The lowest BCUT2D eigenvalue weighted by Gasteiger charge is -2.41. The van der Waals surface area contributed by atoms with Crippen LogP contribution in [0, 0.1) is 11.8 Å². The molecular formula is C10H18N4. The van der Waals surface area contributed by atoms with Gasteiger partial charge in [-0.25, -0.2) is 0 Å². The van der Waals surface area contributed by atoms with Gasteiger partial charge in [0.2, 0.25) is 0 Å². The summed E-state index contributed by atoms with van der Waals surface area (Å²) in [6.07, 6.45) is 3.03. The fourth-order valence-electron chi connectivity index (χ4n) is 1.99. The van der Waals surface area contributed by atoms with Gasteiger partial charge in [-0.3, -0.25) is 0 Å². The molecule has 3 atom stereocenters. The molecule has 0 aromatic carbocycles. The predicted molar refractivity (Wildman–Crippen MR) is 54.6 cm³/mol. The monoisotopic (exact) mass is 194 g/mol. The summed E-state index contributed by atoms with van der Waals surface area (Å²) >= 11 is 0. The third-order valence-corrected chi connectivity index (χ3v) is 3.49. The molecule has 4 heteroatoms. The van der Waals surface area contributed by atoms with Gasteiger partial charge in [-0.1, -0.05) is 13.8 Å². The Morgan fingerprint density at radius 1 is 1.57 bits per heavy atom. The lowest BCUT2D eigenvalue weighted by atomic mass is 9.71. The van der Waals surface area contributed by atoms with Gasteiger partial charge >= 0.3 is 0 Å². The first-order chi connectivity index (χ1) is 6.68. The van der Waals surface area contributed by atoms with Gasteiger partial charge in [0, 0.05) is 13.1 Å². The van der Waals surface area contributed by atoms with Crippen LogP contribution in [0.15, 0.2) is 6.33 Å². The number of nitrogens with zero attached hydrogens (tertiary/aromatic N) is 3. The molecule has 1 aliphatic rings. The first-order valence-electron chi connectivity index (χ1n) is 5.24. The van der Waals surface area contributed by atoms with Gasteiger partial charge in [0.05, 0.1) is 6.54 Å². The highest BCUT2D eigenvalue weighted by atomic mass is 15.3. The number of hydrogen-bond donors (Lipinski definition) is 1. The van der Waals surface area contributed by atoms with Crippen molar-refractivity contribution in [2.75, 3.05) is 0 Å². The first kappa shape index (κ1) is 9.65. The fourth-order valence-corrected chi connectivity index (χ4v) is 1.99. The lowest BCUT2D eigenvalue weighted by Crippen LogP contribution is -2.47. The van der Waals surface area contributed by atoms with Crippen LogP contribution in [0.25, 0.3) is 0 Å². The summed E-state index contributed by atoms with van der Waals surface area (Å²) in [6, 6.07) is 0.668. The van der Waals surface area contributed by atoms with E-state index in [2.05, 4.69) is 29.4 Å². The number of rotatable bonds is 3. The quantitative estimate of drug-likeness (QED) is 0.779. The van der Waals surface area contributed by atoms with Crippen LogP contribution in [0.2, 0.25) is 0 Å². The van der Waals surface area contributed by atoms with Crippen molar-refractivity contribution >= 4 is 0 Å². The van der Waals surface area contributed by atoms with Crippen LogP contribution in [0.3, 0.4) is 0 Å². The molecule has 0 spiro atoms. The van der Waals surface area contributed by atoms with Gasteiger partial charge in [-0.15, -0.1) is 10.2 Å². The molecule has 2 rings (SSSR count). The van der Waals surface area contributed by atoms with Crippen LogP contribution in [0.4, 0.5) is 0 Å². The minimum absolute atomic E-state index is 0.668. The summed E-state index contributed by atoms with van der Waals surface area (Å²) in [4.78, 5) is 0. The van der Waals surface area contributed by atoms with E-state index in [4.69, 9.17) is 0 Å². The summed E-state index contributed by atoms with van der Waals surface area (Å²) < 4.78 is 1.96. The van der Waals surface area contributed by atoms with Crippen LogP contribution in [0.5, 0.6) is 0 Å². The van der Waals surface area contributed by atoms with Crippen molar-refractivity contribution in [1.29, 1.82) is 0 Å². The molecule has 0 radical (unpaired) electrons. The zero-order valence-electron chi connectivity index (χ0n) is 9.07. The van der Waals surface area contributed by atoms with E-state index in [1.54, 1.807) is 6.33 Å². The Morgan fingerprint density at radius 3 is 2.86 bits per heavy atom. The van der Waals surface area contributed by atoms with Crippen molar-refractivity contribution in [1.82, 2.24) is 20.1 Å². The van der Waals surface area contributed by atoms with E-state index >= 15 is 0 Å². The Morgan fingerprint density at radius 2 is 2.36 bits per heavy atom. The van der Waals surface area contributed by atoms with Gasteiger partial charge < -0.3 is 9.88 Å². The number of hydrogen-bond acceptors (Lipinski definition) is 3. The van der Waals surface area contributed by atoms with E-state index in [1.807, 2.05) is 11.6 Å². The Labute approximate surface area is 84.7 Å². The molecule has 3 unspecified atom stereocenters. The molecular weight excluding hydrogens is 176 g/mol. The highest BCUT2D eigenvalue weighted by Crippen LogP contribution is 2.33. The summed E-state index contributed by atoms with van der Waals surface area (Å²) in [7, 11) is 1.98. The molecule has 14 heavy (non-hydrogen) atoms. The van der Waals surface area contributed by atoms with Crippen LogP contribution in [-0.2, 0) is 13.6 Å². The second kappa shape index (κ2) is 3.69. The van der Waals surface area contributed by atoms with Gasteiger partial charge in [-0.05, 0) is 18.3 Å². The Kier molecular flexibility index (Phi) is 2.54. The molecule has 0 amide bonds. The van der Waals surface area contributed by atoms with E-state index in [1.165, 1.54) is 6.42 Å². The lowest BCUT2D eigenvalue weighted by molar-refractivity contribution is 0.135. The average molecular weight is 194 g/mol.